The monoisotopic (exact) mass is 406 g/mol. The minimum absolute atomic E-state index is 0.00694. The Labute approximate surface area is 157 Å². The molecule has 1 fully saturated rings. The second-order valence-corrected chi connectivity index (χ2v) is 9.68. The maximum absolute atomic E-state index is 15.1. The molecule has 0 bridgehead atoms. The molecule has 9 nitrogen and oxygen atoms in total. The van der Waals surface area contributed by atoms with Crippen LogP contribution >= 0.6 is 7.52 Å². The minimum Gasteiger partial charge on any atom is -0.387 e. The second kappa shape index (κ2) is 7.97. The fraction of sp³-hybridized carbons (Fsp3) is 0.750. The summed E-state index contributed by atoms with van der Waals surface area (Å²) in [6.45, 7) is 8.04. The summed E-state index contributed by atoms with van der Waals surface area (Å²) in [5.41, 5.74) is 2.35. The lowest BCUT2D eigenvalue weighted by atomic mass is 9.98. The van der Waals surface area contributed by atoms with Crippen molar-refractivity contribution in [1.29, 1.82) is 0 Å². The van der Waals surface area contributed by atoms with E-state index in [0.717, 1.165) is 11.5 Å². The van der Waals surface area contributed by atoms with Gasteiger partial charge in [-0.3, -0.25) is 9.13 Å². The van der Waals surface area contributed by atoms with Gasteiger partial charge in [0.05, 0.1) is 6.61 Å². The van der Waals surface area contributed by atoms with Crippen molar-refractivity contribution < 1.29 is 23.3 Å². The molecule has 0 aromatic carbocycles. The maximum atomic E-state index is 15.1. The van der Waals surface area contributed by atoms with E-state index in [1.807, 2.05) is 20.8 Å². The van der Waals surface area contributed by atoms with Crippen LogP contribution in [-0.4, -0.2) is 51.8 Å². The number of ether oxygens (including phenoxy) is 1. The van der Waals surface area contributed by atoms with Gasteiger partial charge in [0.2, 0.25) is 0 Å². The first-order valence-electron chi connectivity index (χ1n) is 8.72. The number of anilines is 1. The van der Waals surface area contributed by atoms with E-state index in [0.29, 0.717) is 0 Å². The Morgan fingerprint density at radius 3 is 2.74 bits per heavy atom. The summed E-state index contributed by atoms with van der Waals surface area (Å²) in [7, 11) is -3.19. The van der Waals surface area contributed by atoms with Gasteiger partial charge in [-0.05, 0) is 25.8 Å². The summed E-state index contributed by atoms with van der Waals surface area (Å²) in [6, 6.07) is 1.27. The third-order valence-corrected chi connectivity index (χ3v) is 6.26. The molecule has 2 heterocycles. The Bertz CT molecular complexity index is 771. The molecule has 1 aliphatic rings. The van der Waals surface area contributed by atoms with Gasteiger partial charge in [-0.15, -0.1) is 0 Å². The van der Waals surface area contributed by atoms with Gasteiger partial charge >= 0.3 is 5.69 Å². The van der Waals surface area contributed by atoms with Gasteiger partial charge in [0.15, 0.2) is 11.9 Å². The van der Waals surface area contributed by atoms with Gasteiger partial charge in [-0.1, -0.05) is 13.8 Å². The first kappa shape index (κ1) is 22.0. The van der Waals surface area contributed by atoms with Crippen LogP contribution in [0.15, 0.2) is 17.1 Å². The first-order valence-corrected chi connectivity index (χ1v) is 10.8. The lowest BCUT2D eigenvalue weighted by Gasteiger charge is -2.25. The molecule has 27 heavy (non-hydrogen) atoms. The maximum Gasteiger partial charge on any atom is 0.351 e. The molecule has 6 atom stereocenters. The molecule has 154 valence electrons. The van der Waals surface area contributed by atoms with E-state index >= 15 is 4.39 Å². The smallest absolute Gasteiger partial charge is 0.351 e. The lowest BCUT2D eigenvalue weighted by Crippen LogP contribution is -2.43. The third kappa shape index (κ3) is 4.94. The topological polar surface area (TPSA) is 129 Å². The number of hydrogen-bond acceptors (Lipinski definition) is 7. The van der Waals surface area contributed by atoms with Gasteiger partial charge in [0.25, 0.3) is 7.52 Å². The van der Waals surface area contributed by atoms with Crippen molar-refractivity contribution in [3.05, 3.63) is 22.7 Å². The number of aliphatic hydroxyl groups excluding tert-OH is 1. The fourth-order valence-electron chi connectivity index (χ4n) is 2.73. The van der Waals surface area contributed by atoms with Gasteiger partial charge in [0.1, 0.15) is 18.0 Å². The Morgan fingerprint density at radius 2 is 2.19 bits per heavy atom. The fourth-order valence-corrected chi connectivity index (χ4v) is 4.27. The minimum atomic E-state index is -3.19. The van der Waals surface area contributed by atoms with Crippen LogP contribution in [0.25, 0.3) is 0 Å². The van der Waals surface area contributed by atoms with Gasteiger partial charge in [-0.2, -0.15) is 4.98 Å². The summed E-state index contributed by atoms with van der Waals surface area (Å²) in [5.74, 6) is 0.228. The van der Waals surface area contributed by atoms with Gasteiger partial charge in [-0.25, -0.2) is 14.3 Å². The highest BCUT2D eigenvalue weighted by Crippen LogP contribution is 2.44. The molecule has 0 radical (unpaired) electrons. The summed E-state index contributed by atoms with van der Waals surface area (Å²) in [5, 5.41) is 13.2. The molecule has 2 rings (SSSR count). The van der Waals surface area contributed by atoms with E-state index in [4.69, 9.17) is 15.0 Å². The van der Waals surface area contributed by atoms with Crippen LogP contribution in [0.2, 0.25) is 0 Å². The number of rotatable bonds is 7. The highest BCUT2D eigenvalue weighted by atomic mass is 31.2. The van der Waals surface area contributed by atoms with Gasteiger partial charge in [0, 0.05) is 18.9 Å². The largest absolute Gasteiger partial charge is 0.387 e. The summed E-state index contributed by atoms with van der Waals surface area (Å²) in [4.78, 5) is 15.5. The summed E-state index contributed by atoms with van der Waals surface area (Å²) >= 11 is 0. The highest BCUT2D eigenvalue weighted by Gasteiger charge is 2.55. The zero-order valence-electron chi connectivity index (χ0n) is 16.1. The van der Waals surface area contributed by atoms with Crippen molar-refractivity contribution in [2.75, 3.05) is 19.0 Å². The molecule has 4 N–H and O–H groups in total. The highest BCUT2D eigenvalue weighted by molar-refractivity contribution is 7.56. The molecule has 0 spiro atoms. The van der Waals surface area contributed by atoms with Crippen LogP contribution in [-0.2, 0) is 13.8 Å². The number of halogens is 1. The van der Waals surface area contributed by atoms with Crippen LogP contribution in [0.5, 0.6) is 0 Å². The molecule has 0 saturated carbocycles. The van der Waals surface area contributed by atoms with Crippen molar-refractivity contribution in [3.8, 4) is 0 Å². The van der Waals surface area contributed by atoms with Gasteiger partial charge < -0.3 is 20.1 Å². The van der Waals surface area contributed by atoms with E-state index in [2.05, 4.69) is 10.1 Å². The quantitative estimate of drug-likeness (QED) is 0.578. The SMILES string of the molecule is CC(C)[C@@H](C)NP(C)(=O)OC[C@H]1O[C@@H](n2ccc(N)nc2=O)[C@](C)(F)[C@@H]1O. The number of alkyl halides is 1. The summed E-state index contributed by atoms with van der Waals surface area (Å²) in [6.07, 6.45) is -2.87. The Kier molecular flexibility index (Phi) is 6.48. The Morgan fingerprint density at radius 1 is 1.56 bits per heavy atom. The Balaban J connectivity index is 2.11. The normalized spacial score (nSPS) is 31.8. The van der Waals surface area contributed by atoms with Crippen LogP contribution < -0.4 is 16.5 Å². The predicted molar refractivity (Wildman–Crippen MR) is 99.3 cm³/mol. The van der Waals surface area contributed by atoms with Crippen molar-refractivity contribution in [1.82, 2.24) is 14.6 Å². The Hall–Kier alpha value is -1.32. The average molecular weight is 406 g/mol. The molecule has 1 saturated heterocycles. The van der Waals surface area contributed by atoms with E-state index < -0.39 is 37.3 Å². The number of nitrogen functional groups attached to an aromatic ring is 1. The van der Waals surface area contributed by atoms with Crippen molar-refractivity contribution >= 4 is 13.3 Å². The number of hydrogen-bond donors (Lipinski definition) is 3. The van der Waals surface area contributed by atoms with E-state index in [9.17, 15) is 14.5 Å². The molecule has 1 unspecified atom stereocenters. The van der Waals surface area contributed by atoms with Crippen molar-refractivity contribution in [2.24, 2.45) is 5.92 Å². The number of nitrogens with two attached hydrogens (primary N) is 1. The number of nitrogens with one attached hydrogen (secondary N) is 1. The standard InChI is InChI=1S/C16H28FN4O5P/c1-9(2)10(3)20-27(5,24)25-8-11-13(22)16(4,17)14(26-11)21-7-6-12(18)19-15(21)23/h6-7,9-11,13-14,22H,8H2,1-5H3,(H,20,24)(H2,18,19,23)/t10-,11-,13-,14-,16-,27?/m1/s1. The first-order chi connectivity index (χ1) is 12.3. The molecular formula is C16H28FN4O5P. The molecule has 0 aliphatic carbocycles. The van der Waals surface area contributed by atoms with Crippen molar-refractivity contribution in [3.63, 3.8) is 0 Å². The molecule has 1 aromatic heterocycles. The molecule has 1 aromatic rings. The van der Waals surface area contributed by atoms with E-state index in [1.54, 1.807) is 0 Å². The van der Waals surface area contributed by atoms with E-state index in [-0.39, 0.29) is 24.4 Å². The zero-order chi connectivity index (χ0) is 20.6. The summed E-state index contributed by atoms with van der Waals surface area (Å²) < 4.78 is 39.5. The average Bonchev–Trinajstić information content (AvgIpc) is 2.76. The molecular weight excluding hydrogens is 378 g/mol. The third-order valence-electron chi connectivity index (χ3n) is 4.74. The van der Waals surface area contributed by atoms with Crippen LogP contribution in [0.1, 0.15) is 33.9 Å². The molecule has 0 amide bonds. The number of nitrogens with zero attached hydrogens (tertiary/aromatic N) is 2. The molecule has 11 heteroatoms. The lowest BCUT2D eigenvalue weighted by molar-refractivity contribution is -0.0584. The van der Waals surface area contributed by atoms with Crippen LogP contribution in [0, 0.1) is 5.92 Å². The number of aliphatic hydroxyl groups is 1. The molecule has 1 aliphatic heterocycles. The number of aromatic nitrogens is 2. The van der Waals surface area contributed by atoms with Crippen LogP contribution in [0.3, 0.4) is 0 Å². The second-order valence-electron chi connectivity index (χ2n) is 7.47. The van der Waals surface area contributed by atoms with E-state index in [1.165, 1.54) is 18.9 Å². The van der Waals surface area contributed by atoms with Crippen molar-refractivity contribution in [2.45, 2.75) is 57.8 Å². The van der Waals surface area contributed by atoms with Crippen LogP contribution in [0.4, 0.5) is 10.2 Å². The zero-order valence-corrected chi connectivity index (χ0v) is 17.0. The predicted octanol–water partition coefficient (Wildman–Crippen LogP) is 1.29.